The van der Waals surface area contributed by atoms with Crippen molar-refractivity contribution in [1.82, 2.24) is 10.0 Å². The van der Waals surface area contributed by atoms with Gasteiger partial charge in [0.2, 0.25) is 10.0 Å². The number of rotatable bonds is 7. The highest BCUT2D eigenvalue weighted by atomic mass is 32.2. The molecule has 2 rings (SSSR count). The molecule has 1 fully saturated rings. The van der Waals surface area contributed by atoms with Crippen molar-refractivity contribution in [3.8, 4) is 17.2 Å². The number of hydrogen-bond acceptors (Lipinski definition) is 6. The number of hydrogen-bond donors (Lipinski definition) is 2. The van der Waals surface area contributed by atoms with E-state index in [1.165, 1.54) is 33.5 Å². The van der Waals surface area contributed by atoms with Crippen molar-refractivity contribution in [2.45, 2.75) is 11.3 Å². The summed E-state index contributed by atoms with van der Waals surface area (Å²) in [5.41, 5.74) is 0. The number of ether oxygens (including phenoxy) is 3. The predicted molar refractivity (Wildman–Crippen MR) is 82.3 cm³/mol. The third-order valence-corrected chi connectivity index (χ3v) is 5.15. The van der Waals surface area contributed by atoms with E-state index < -0.39 is 10.0 Å². The number of nitrogens with one attached hydrogen (secondary N) is 2. The Hall–Kier alpha value is -1.51. The lowest BCUT2D eigenvalue weighted by Crippen LogP contribution is -2.30. The van der Waals surface area contributed by atoms with Gasteiger partial charge >= 0.3 is 0 Å². The molecule has 1 aromatic rings. The maximum absolute atomic E-state index is 12.6. The van der Waals surface area contributed by atoms with Gasteiger partial charge in [-0.15, -0.1) is 0 Å². The van der Waals surface area contributed by atoms with Crippen LogP contribution in [0.1, 0.15) is 6.42 Å². The van der Waals surface area contributed by atoms with Gasteiger partial charge < -0.3 is 19.5 Å². The molecule has 7 nitrogen and oxygen atoms in total. The van der Waals surface area contributed by atoms with E-state index in [2.05, 4.69) is 10.0 Å². The smallest absolute Gasteiger partial charge is 0.247 e. The Labute approximate surface area is 131 Å². The van der Waals surface area contributed by atoms with Gasteiger partial charge in [0.1, 0.15) is 17.2 Å². The molecule has 1 aliphatic heterocycles. The summed E-state index contributed by atoms with van der Waals surface area (Å²) in [4.78, 5) is -0.00995. The average Bonchev–Trinajstić information content (AvgIpc) is 3.05. The first-order chi connectivity index (χ1) is 10.5. The van der Waals surface area contributed by atoms with E-state index in [1.54, 1.807) is 0 Å². The molecule has 1 aliphatic rings. The summed E-state index contributed by atoms with van der Waals surface area (Å²) in [6, 6.07) is 3.04. The number of sulfonamides is 1. The molecule has 0 amide bonds. The molecule has 0 aromatic heterocycles. The molecule has 0 saturated carbocycles. The normalized spacial score (nSPS) is 18.2. The Kier molecular flexibility index (Phi) is 5.49. The maximum atomic E-state index is 12.6. The molecule has 0 aliphatic carbocycles. The van der Waals surface area contributed by atoms with Crippen molar-refractivity contribution in [3.05, 3.63) is 12.1 Å². The van der Waals surface area contributed by atoms with Crippen molar-refractivity contribution in [2.24, 2.45) is 5.92 Å². The summed E-state index contributed by atoms with van der Waals surface area (Å²) in [5.74, 6) is 1.14. The second kappa shape index (κ2) is 7.17. The molecule has 1 saturated heterocycles. The molecule has 8 heteroatoms. The van der Waals surface area contributed by atoms with Crippen LogP contribution in [0.25, 0.3) is 0 Å². The van der Waals surface area contributed by atoms with E-state index in [0.29, 0.717) is 18.2 Å². The zero-order valence-electron chi connectivity index (χ0n) is 13.0. The van der Waals surface area contributed by atoms with Gasteiger partial charge in [-0.1, -0.05) is 0 Å². The summed E-state index contributed by atoms with van der Waals surface area (Å²) in [5, 5.41) is 3.21. The summed E-state index contributed by atoms with van der Waals surface area (Å²) in [7, 11) is 0.574. The molecule has 1 heterocycles. The van der Waals surface area contributed by atoms with Gasteiger partial charge in [-0.3, -0.25) is 0 Å². The summed E-state index contributed by atoms with van der Waals surface area (Å²) < 4.78 is 43.4. The Bertz CT molecular complexity index is 587. The second-order valence-electron chi connectivity index (χ2n) is 5.07. The van der Waals surface area contributed by atoms with Crippen LogP contribution in [0.2, 0.25) is 0 Å². The molecule has 1 aromatic carbocycles. The van der Waals surface area contributed by atoms with Crippen LogP contribution in [0.3, 0.4) is 0 Å². The van der Waals surface area contributed by atoms with Crippen LogP contribution >= 0.6 is 0 Å². The van der Waals surface area contributed by atoms with Gasteiger partial charge in [-0.2, -0.15) is 0 Å². The highest BCUT2D eigenvalue weighted by molar-refractivity contribution is 7.89. The molecule has 0 radical (unpaired) electrons. The SMILES string of the molecule is COc1cc(OC)c(S(=O)(=O)NCC2CCNC2)c(OC)c1. The van der Waals surface area contributed by atoms with Gasteiger partial charge in [0.15, 0.2) is 4.90 Å². The molecule has 124 valence electrons. The highest BCUT2D eigenvalue weighted by Crippen LogP contribution is 2.37. The summed E-state index contributed by atoms with van der Waals surface area (Å²) in [6.07, 6.45) is 0.958. The first-order valence-electron chi connectivity index (χ1n) is 7.02. The van der Waals surface area contributed by atoms with E-state index in [0.717, 1.165) is 19.5 Å². The highest BCUT2D eigenvalue weighted by Gasteiger charge is 2.27. The van der Waals surface area contributed by atoms with Crippen LogP contribution in [-0.4, -0.2) is 49.4 Å². The fourth-order valence-corrected chi connectivity index (χ4v) is 3.84. The Morgan fingerprint density at radius 3 is 2.27 bits per heavy atom. The molecule has 2 N–H and O–H groups in total. The first-order valence-corrected chi connectivity index (χ1v) is 8.50. The third-order valence-electron chi connectivity index (χ3n) is 3.66. The van der Waals surface area contributed by atoms with Crippen molar-refractivity contribution >= 4 is 10.0 Å². The average molecular weight is 330 g/mol. The minimum absolute atomic E-state index is 0.00995. The van der Waals surface area contributed by atoms with E-state index in [4.69, 9.17) is 14.2 Å². The zero-order chi connectivity index (χ0) is 16.2. The minimum atomic E-state index is -3.74. The lowest BCUT2D eigenvalue weighted by Gasteiger charge is -2.17. The maximum Gasteiger partial charge on any atom is 0.247 e. The van der Waals surface area contributed by atoms with Crippen LogP contribution in [0.4, 0.5) is 0 Å². The second-order valence-corrected chi connectivity index (χ2v) is 6.78. The Balaban J connectivity index is 2.31. The molecule has 0 bridgehead atoms. The fraction of sp³-hybridized carbons (Fsp3) is 0.571. The van der Waals surface area contributed by atoms with Crippen LogP contribution < -0.4 is 24.2 Å². The fourth-order valence-electron chi connectivity index (χ4n) is 2.43. The van der Waals surface area contributed by atoms with Crippen molar-refractivity contribution < 1.29 is 22.6 Å². The quantitative estimate of drug-likeness (QED) is 0.761. The Morgan fingerprint density at radius 1 is 1.18 bits per heavy atom. The van der Waals surface area contributed by atoms with Crippen molar-refractivity contribution in [3.63, 3.8) is 0 Å². The lowest BCUT2D eigenvalue weighted by atomic mass is 10.1. The van der Waals surface area contributed by atoms with E-state index in [-0.39, 0.29) is 16.4 Å². The van der Waals surface area contributed by atoms with Crippen LogP contribution in [-0.2, 0) is 10.0 Å². The lowest BCUT2D eigenvalue weighted by molar-refractivity contribution is 0.358. The number of benzene rings is 1. The molecule has 1 unspecified atom stereocenters. The van der Waals surface area contributed by atoms with Gasteiger partial charge in [0.05, 0.1) is 21.3 Å². The van der Waals surface area contributed by atoms with Crippen LogP contribution in [0.15, 0.2) is 17.0 Å². The van der Waals surface area contributed by atoms with Gasteiger partial charge in [0, 0.05) is 18.7 Å². The van der Waals surface area contributed by atoms with E-state index >= 15 is 0 Å². The number of methoxy groups -OCH3 is 3. The van der Waals surface area contributed by atoms with Gasteiger partial charge in [-0.25, -0.2) is 13.1 Å². The molecular formula is C14H22N2O5S. The standard InChI is InChI=1S/C14H22N2O5S/c1-19-11-6-12(20-2)14(13(7-11)21-3)22(17,18)16-9-10-4-5-15-8-10/h6-7,10,15-16H,4-5,8-9H2,1-3H3. The van der Waals surface area contributed by atoms with Crippen molar-refractivity contribution in [1.29, 1.82) is 0 Å². The van der Waals surface area contributed by atoms with E-state index in [1.807, 2.05) is 0 Å². The van der Waals surface area contributed by atoms with E-state index in [9.17, 15) is 8.42 Å². The minimum Gasteiger partial charge on any atom is -0.496 e. The summed E-state index contributed by atoms with van der Waals surface area (Å²) >= 11 is 0. The molecule has 22 heavy (non-hydrogen) atoms. The van der Waals surface area contributed by atoms with Gasteiger partial charge in [0.25, 0.3) is 0 Å². The topological polar surface area (TPSA) is 85.9 Å². The largest absolute Gasteiger partial charge is 0.496 e. The van der Waals surface area contributed by atoms with Crippen LogP contribution in [0, 0.1) is 5.92 Å². The van der Waals surface area contributed by atoms with Crippen LogP contribution in [0.5, 0.6) is 17.2 Å². The van der Waals surface area contributed by atoms with Crippen molar-refractivity contribution in [2.75, 3.05) is 41.0 Å². The summed E-state index contributed by atoms with van der Waals surface area (Å²) in [6.45, 7) is 2.12. The molecule has 1 atom stereocenters. The molecular weight excluding hydrogens is 308 g/mol. The third kappa shape index (κ3) is 3.63. The first kappa shape index (κ1) is 16.9. The van der Waals surface area contributed by atoms with Gasteiger partial charge in [-0.05, 0) is 25.4 Å². The monoisotopic (exact) mass is 330 g/mol. The molecule has 0 spiro atoms. The Morgan fingerprint density at radius 2 is 1.82 bits per heavy atom. The zero-order valence-corrected chi connectivity index (χ0v) is 13.8. The predicted octanol–water partition coefficient (Wildman–Crippen LogP) is 0.600.